The molecule has 0 bridgehead atoms. The summed E-state index contributed by atoms with van der Waals surface area (Å²) < 4.78 is 5.14. The summed E-state index contributed by atoms with van der Waals surface area (Å²) in [7, 11) is 4.11. The number of hydrogen-bond donors (Lipinski definition) is 1. The van der Waals surface area contributed by atoms with Gasteiger partial charge in [-0.05, 0) is 97.1 Å². The molecule has 192 valence electrons. The van der Waals surface area contributed by atoms with Crippen molar-refractivity contribution in [3.8, 4) is 0 Å². The summed E-state index contributed by atoms with van der Waals surface area (Å²) in [6.45, 7) is 3.58. The number of carbonyl (C=O) groups excluding carboxylic acids is 2. The number of esters is 1. The zero-order valence-electron chi connectivity index (χ0n) is 21.9. The molecule has 0 radical (unpaired) electrons. The Balaban J connectivity index is 1.58. The van der Waals surface area contributed by atoms with Gasteiger partial charge in [0.2, 0.25) is 0 Å². The van der Waals surface area contributed by atoms with Crippen molar-refractivity contribution in [2.45, 2.75) is 64.7 Å². The van der Waals surface area contributed by atoms with Crippen LogP contribution in [0.3, 0.4) is 0 Å². The Morgan fingerprint density at radius 3 is 2.53 bits per heavy atom. The first-order valence-corrected chi connectivity index (χ1v) is 13.3. The second-order valence-electron chi connectivity index (χ2n) is 11.6. The van der Waals surface area contributed by atoms with Gasteiger partial charge in [0, 0.05) is 38.5 Å². The molecule has 4 aliphatic rings. The van der Waals surface area contributed by atoms with Crippen molar-refractivity contribution in [1.82, 2.24) is 0 Å². The molecule has 0 saturated heterocycles. The smallest absolute Gasteiger partial charge is 0.303 e. The maximum atomic E-state index is 13.3. The van der Waals surface area contributed by atoms with Crippen LogP contribution in [-0.4, -0.2) is 43.4 Å². The van der Waals surface area contributed by atoms with Gasteiger partial charge >= 0.3 is 5.97 Å². The molecular weight excluding hydrogens is 452 g/mol. The Labute approximate surface area is 214 Å². The first kappa shape index (κ1) is 24.8. The van der Waals surface area contributed by atoms with Gasteiger partial charge < -0.3 is 14.8 Å². The molecule has 1 N–H and O–H groups in total. The molecule has 5 rings (SSSR count). The fourth-order valence-electron chi connectivity index (χ4n) is 7.86. The molecule has 5 atom stereocenters. The zero-order valence-corrected chi connectivity index (χ0v) is 21.9. The Morgan fingerprint density at radius 2 is 1.86 bits per heavy atom. The van der Waals surface area contributed by atoms with E-state index >= 15 is 0 Å². The Hall–Kier alpha value is -2.89. The lowest BCUT2D eigenvalue weighted by Crippen LogP contribution is -2.45. The summed E-state index contributed by atoms with van der Waals surface area (Å²) in [4.78, 5) is 26.8. The zero-order chi connectivity index (χ0) is 25.6. The third-order valence-electron chi connectivity index (χ3n) is 9.49. The van der Waals surface area contributed by atoms with E-state index in [1.54, 1.807) is 5.57 Å². The minimum Gasteiger partial charge on any atom is -0.458 e. The third kappa shape index (κ3) is 4.18. The summed E-state index contributed by atoms with van der Waals surface area (Å²) in [6.07, 6.45) is 8.69. The van der Waals surface area contributed by atoms with E-state index in [1.807, 2.05) is 0 Å². The number of carbonyl (C=O) groups is 2. The molecule has 6 nitrogen and oxygen atoms in total. The third-order valence-corrected chi connectivity index (χ3v) is 9.49. The molecule has 5 unspecified atom stereocenters. The first-order chi connectivity index (χ1) is 17.2. The van der Waals surface area contributed by atoms with Crippen LogP contribution in [0.15, 0.2) is 52.2 Å². The highest BCUT2D eigenvalue weighted by atomic mass is 16.5. The van der Waals surface area contributed by atoms with E-state index in [1.165, 1.54) is 29.3 Å². The van der Waals surface area contributed by atoms with Gasteiger partial charge in [0.15, 0.2) is 5.78 Å². The van der Waals surface area contributed by atoms with Crippen molar-refractivity contribution >= 4 is 23.2 Å². The van der Waals surface area contributed by atoms with Gasteiger partial charge in [-0.25, -0.2) is 0 Å². The van der Waals surface area contributed by atoms with Crippen LogP contribution in [0.5, 0.6) is 0 Å². The van der Waals surface area contributed by atoms with E-state index in [-0.39, 0.29) is 29.6 Å². The van der Waals surface area contributed by atoms with E-state index in [4.69, 9.17) is 4.74 Å². The predicted molar refractivity (Wildman–Crippen MR) is 140 cm³/mol. The number of Topliss-reactive ketones (excluding diaryl/α,β-unsaturated/α-hetero) is 1. The molecule has 0 heterocycles. The molecule has 2 fully saturated rings. The van der Waals surface area contributed by atoms with Crippen molar-refractivity contribution in [1.29, 1.82) is 0 Å². The normalized spacial score (nSPS) is 32.3. The fourth-order valence-corrected chi connectivity index (χ4v) is 7.86. The van der Waals surface area contributed by atoms with Crippen molar-refractivity contribution in [2.24, 2.45) is 28.3 Å². The van der Waals surface area contributed by atoms with Crippen molar-refractivity contribution in [3.63, 3.8) is 0 Å². The second kappa shape index (κ2) is 9.53. The average Bonchev–Trinajstić information content (AvgIpc) is 3.23. The molecular formula is C30H38N2O4. The number of ketones is 1. The first-order valence-electron chi connectivity index (χ1n) is 13.3. The van der Waals surface area contributed by atoms with Crippen LogP contribution < -0.4 is 4.90 Å². The van der Waals surface area contributed by atoms with Gasteiger partial charge in [-0.1, -0.05) is 29.8 Å². The standard InChI is InChI=1S/C30H38N2O4/c1-18(33)36-17-28(34)27-14-13-26-24-11-7-20-15-21(31-35)8-12-23(20)29(24)25(16-30(26,27)2)19-5-9-22(10-6-19)32(3)4/h5-6,9-10,15,24-27,35H,7-8,11-14,16-17H2,1-4H3/b31-21-. The molecule has 2 saturated carbocycles. The summed E-state index contributed by atoms with van der Waals surface area (Å²) in [5.41, 5.74) is 7.51. The van der Waals surface area contributed by atoms with Crippen LogP contribution >= 0.6 is 0 Å². The number of allylic oxidation sites excluding steroid dienone is 4. The van der Waals surface area contributed by atoms with E-state index in [0.29, 0.717) is 11.8 Å². The number of nitrogens with zero attached hydrogens (tertiary/aromatic N) is 2. The Kier molecular flexibility index (Phi) is 6.56. The van der Waals surface area contributed by atoms with Gasteiger partial charge in [-0.2, -0.15) is 0 Å². The van der Waals surface area contributed by atoms with Gasteiger partial charge in [-0.15, -0.1) is 0 Å². The topological polar surface area (TPSA) is 79.2 Å². The Morgan fingerprint density at radius 1 is 1.11 bits per heavy atom. The number of anilines is 1. The van der Waals surface area contributed by atoms with Crippen molar-refractivity contribution < 1.29 is 19.5 Å². The summed E-state index contributed by atoms with van der Waals surface area (Å²) in [5.74, 6) is 0.763. The monoisotopic (exact) mass is 490 g/mol. The number of hydrogen-bond acceptors (Lipinski definition) is 6. The fraction of sp³-hybridized carbons (Fsp3) is 0.567. The lowest BCUT2D eigenvalue weighted by molar-refractivity contribution is -0.148. The molecule has 1 aromatic carbocycles. The molecule has 36 heavy (non-hydrogen) atoms. The molecule has 0 aliphatic heterocycles. The molecule has 0 spiro atoms. The summed E-state index contributed by atoms with van der Waals surface area (Å²) in [6, 6.07) is 8.92. The minimum absolute atomic E-state index is 0.0749. The van der Waals surface area contributed by atoms with E-state index in [9.17, 15) is 14.8 Å². The van der Waals surface area contributed by atoms with Crippen LogP contribution in [0.25, 0.3) is 0 Å². The predicted octanol–water partition coefficient (Wildman–Crippen LogP) is 5.66. The molecule has 0 aromatic heterocycles. The second-order valence-corrected chi connectivity index (χ2v) is 11.6. The molecule has 6 heteroatoms. The van der Waals surface area contributed by atoms with Gasteiger partial charge in [-0.3, -0.25) is 9.59 Å². The SMILES string of the molecule is CC(=O)OCC(=O)C1CCC2C3CCC4=C/C(=N\O)CCC4=C3C(c3ccc(N(C)C)cc3)CC12C. The maximum Gasteiger partial charge on any atom is 0.303 e. The van der Waals surface area contributed by atoms with E-state index < -0.39 is 5.97 Å². The lowest BCUT2D eigenvalue weighted by atomic mass is 9.51. The van der Waals surface area contributed by atoms with Crippen LogP contribution in [0.2, 0.25) is 0 Å². The van der Waals surface area contributed by atoms with Crippen LogP contribution in [-0.2, 0) is 14.3 Å². The van der Waals surface area contributed by atoms with Crippen LogP contribution in [0.4, 0.5) is 5.69 Å². The largest absolute Gasteiger partial charge is 0.458 e. The molecule has 4 aliphatic carbocycles. The number of ether oxygens (including phenoxy) is 1. The summed E-state index contributed by atoms with van der Waals surface area (Å²) in [5, 5.41) is 12.9. The van der Waals surface area contributed by atoms with Gasteiger partial charge in [0.1, 0.15) is 6.61 Å². The highest BCUT2D eigenvalue weighted by Crippen LogP contribution is 2.65. The minimum atomic E-state index is -0.396. The molecule has 0 amide bonds. The average molecular weight is 491 g/mol. The Bertz CT molecular complexity index is 1150. The van der Waals surface area contributed by atoms with E-state index in [2.05, 4.69) is 61.4 Å². The quantitative estimate of drug-likeness (QED) is 0.327. The lowest BCUT2D eigenvalue weighted by Gasteiger charge is -2.52. The number of benzene rings is 1. The number of rotatable bonds is 5. The van der Waals surface area contributed by atoms with Gasteiger partial charge in [0.05, 0.1) is 5.71 Å². The highest BCUT2D eigenvalue weighted by Gasteiger charge is 2.58. The van der Waals surface area contributed by atoms with Crippen molar-refractivity contribution in [2.75, 3.05) is 25.6 Å². The van der Waals surface area contributed by atoms with Crippen LogP contribution in [0.1, 0.15) is 70.3 Å². The van der Waals surface area contributed by atoms with Crippen LogP contribution in [0, 0.1) is 23.2 Å². The summed E-state index contributed by atoms with van der Waals surface area (Å²) >= 11 is 0. The highest BCUT2D eigenvalue weighted by molar-refractivity contribution is 5.97. The molecule has 1 aromatic rings. The van der Waals surface area contributed by atoms with E-state index in [0.717, 1.165) is 50.7 Å². The van der Waals surface area contributed by atoms with Crippen molar-refractivity contribution in [3.05, 3.63) is 52.6 Å². The number of oxime groups is 1. The number of fused-ring (bicyclic) bond motifs is 4. The van der Waals surface area contributed by atoms with Gasteiger partial charge in [0.25, 0.3) is 0 Å². The maximum absolute atomic E-state index is 13.3.